The second kappa shape index (κ2) is 6.44. The molecule has 5 heteroatoms. The Hall–Kier alpha value is -1.49. The number of nitrogens with one attached hydrogen (secondary N) is 1. The zero-order valence-corrected chi connectivity index (χ0v) is 11.2. The Balaban J connectivity index is 1.74. The lowest BCUT2D eigenvalue weighted by Gasteiger charge is -2.11. The lowest BCUT2D eigenvalue weighted by Crippen LogP contribution is -2.20. The van der Waals surface area contributed by atoms with Gasteiger partial charge in [-0.1, -0.05) is 12.2 Å². The first kappa shape index (κ1) is 13.0. The summed E-state index contributed by atoms with van der Waals surface area (Å²) in [4.78, 5) is 15.8. The van der Waals surface area contributed by atoms with Gasteiger partial charge in [0.1, 0.15) is 0 Å². The van der Waals surface area contributed by atoms with Crippen molar-refractivity contribution in [2.45, 2.75) is 32.6 Å². The number of hydrogen-bond acceptors (Lipinski definition) is 4. The molecule has 18 heavy (non-hydrogen) atoms. The predicted octanol–water partition coefficient (Wildman–Crippen LogP) is 2.45. The van der Waals surface area contributed by atoms with Crippen LogP contribution in [0.1, 0.15) is 30.0 Å². The number of aryl methyl sites for hydroxylation is 1. The van der Waals surface area contributed by atoms with Crippen molar-refractivity contribution in [3.8, 4) is 0 Å². The normalized spacial score (nSPS) is 19.3. The first-order chi connectivity index (χ1) is 8.74. The molecular weight excluding hydrogens is 246 g/mol. The van der Waals surface area contributed by atoms with Crippen molar-refractivity contribution in [2.24, 2.45) is 11.0 Å². The van der Waals surface area contributed by atoms with Crippen molar-refractivity contribution in [3.05, 3.63) is 28.2 Å². The Bertz CT molecular complexity index is 465. The number of amides is 1. The van der Waals surface area contributed by atoms with Gasteiger partial charge in [0.15, 0.2) is 0 Å². The van der Waals surface area contributed by atoms with Gasteiger partial charge in [-0.15, -0.1) is 11.3 Å². The van der Waals surface area contributed by atoms with E-state index in [1.54, 1.807) is 11.3 Å². The molecule has 1 aromatic heterocycles. The van der Waals surface area contributed by atoms with E-state index in [2.05, 4.69) is 27.7 Å². The minimum Gasteiger partial charge on any atom is -0.273 e. The van der Waals surface area contributed by atoms with Crippen LogP contribution in [0.15, 0.2) is 22.6 Å². The predicted molar refractivity (Wildman–Crippen MR) is 73.7 cm³/mol. The molecule has 1 amide bonds. The van der Waals surface area contributed by atoms with Gasteiger partial charge in [-0.05, 0) is 32.1 Å². The van der Waals surface area contributed by atoms with Gasteiger partial charge < -0.3 is 0 Å². The average Bonchev–Trinajstić information content (AvgIpc) is 2.76. The van der Waals surface area contributed by atoms with Gasteiger partial charge in [0.05, 0.1) is 17.1 Å². The lowest BCUT2D eigenvalue weighted by molar-refractivity contribution is -0.120. The SMILES string of the molecule is Cc1nc(CC(=O)N/N=C\[C@@H]2CC=CCC2)cs1. The summed E-state index contributed by atoms with van der Waals surface area (Å²) in [5.74, 6) is 0.347. The zero-order valence-electron chi connectivity index (χ0n) is 10.4. The van der Waals surface area contributed by atoms with E-state index < -0.39 is 0 Å². The van der Waals surface area contributed by atoms with Gasteiger partial charge in [-0.3, -0.25) is 4.79 Å². The molecule has 0 saturated heterocycles. The van der Waals surface area contributed by atoms with Gasteiger partial charge in [0, 0.05) is 11.6 Å². The van der Waals surface area contributed by atoms with Crippen LogP contribution in [0, 0.1) is 12.8 Å². The first-order valence-corrected chi connectivity index (χ1v) is 7.00. The van der Waals surface area contributed by atoms with Gasteiger partial charge in [-0.2, -0.15) is 5.10 Å². The van der Waals surface area contributed by atoms with E-state index in [4.69, 9.17) is 0 Å². The fourth-order valence-corrected chi connectivity index (χ4v) is 2.47. The smallest absolute Gasteiger partial charge is 0.246 e. The third-order valence-corrected chi connectivity index (χ3v) is 3.61. The summed E-state index contributed by atoms with van der Waals surface area (Å²) < 4.78 is 0. The van der Waals surface area contributed by atoms with Crippen LogP contribution in [0.3, 0.4) is 0 Å². The number of nitrogens with zero attached hydrogens (tertiary/aromatic N) is 2. The van der Waals surface area contributed by atoms with E-state index in [1.165, 1.54) is 0 Å². The van der Waals surface area contributed by atoms with Crippen molar-refractivity contribution in [1.29, 1.82) is 0 Å². The van der Waals surface area contributed by atoms with Crippen LogP contribution in [0.4, 0.5) is 0 Å². The summed E-state index contributed by atoms with van der Waals surface area (Å²) in [6.45, 7) is 1.93. The van der Waals surface area contributed by atoms with E-state index in [0.717, 1.165) is 30.0 Å². The molecule has 1 aliphatic rings. The highest BCUT2D eigenvalue weighted by Gasteiger charge is 2.08. The number of hydrazone groups is 1. The Morgan fingerprint density at radius 3 is 3.22 bits per heavy atom. The Morgan fingerprint density at radius 1 is 1.67 bits per heavy atom. The highest BCUT2D eigenvalue weighted by Crippen LogP contribution is 2.15. The van der Waals surface area contributed by atoms with Crippen molar-refractivity contribution in [1.82, 2.24) is 10.4 Å². The molecule has 1 aliphatic carbocycles. The number of rotatable bonds is 4. The largest absolute Gasteiger partial charge is 0.273 e. The first-order valence-electron chi connectivity index (χ1n) is 6.12. The van der Waals surface area contributed by atoms with Crippen LogP contribution in [0.25, 0.3) is 0 Å². The minimum atomic E-state index is -0.108. The Kier molecular flexibility index (Phi) is 4.64. The van der Waals surface area contributed by atoms with Crippen molar-refractivity contribution >= 4 is 23.5 Å². The molecule has 0 aliphatic heterocycles. The highest BCUT2D eigenvalue weighted by atomic mass is 32.1. The number of thiazole rings is 1. The van der Waals surface area contributed by atoms with Crippen LogP contribution in [0.5, 0.6) is 0 Å². The fraction of sp³-hybridized carbons (Fsp3) is 0.462. The van der Waals surface area contributed by atoms with Gasteiger partial charge in [0.25, 0.3) is 0 Å². The molecule has 0 fully saturated rings. The van der Waals surface area contributed by atoms with E-state index in [-0.39, 0.29) is 5.91 Å². The second-order valence-electron chi connectivity index (χ2n) is 4.39. The summed E-state index contributed by atoms with van der Waals surface area (Å²) in [6, 6.07) is 0. The maximum atomic E-state index is 11.6. The number of aromatic nitrogens is 1. The van der Waals surface area contributed by atoms with Gasteiger partial charge in [0.2, 0.25) is 5.91 Å². The molecule has 1 atom stereocenters. The molecular formula is C13H17N3OS. The quantitative estimate of drug-likeness (QED) is 0.515. The molecule has 0 aromatic carbocycles. The maximum Gasteiger partial charge on any atom is 0.246 e. The molecule has 1 aromatic rings. The maximum absolute atomic E-state index is 11.6. The van der Waals surface area contributed by atoms with Crippen LogP contribution >= 0.6 is 11.3 Å². The van der Waals surface area contributed by atoms with E-state index in [9.17, 15) is 4.79 Å². The molecule has 0 spiro atoms. The summed E-state index contributed by atoms with van der Waals surface area (Å²) in [6.07, 6.45) is 9.72. The van der Waals surface area contributed by atoms with Crippen molar-refractivity contribution in [2.75, 3.05) is 0 Å². The number of hydrogen-bond donors (Lipinski definition) is 1. The molecule has 0 radical (unpaired) electrons. The summed E-state index contributed by atoms with van der Waals surface area (Å²) >= 11 is 1.56. The van der Waals surface area contributed by atoms with Crippen LogP contribution < -0.4 is 5.43 Å². The number of allylic oxidation sites excluding steroid dienone is 2. The van der Waals surface area contributed by atoms with E-state index in [0.29, 0.717) is 12.3 Å². The molecule has 96 valence electrons. The van der Waals surface area contributed by atoms with E-state index >= 15 is 0 Å². The van der Waals surface area contributed by atoms with E-state index in [1.807, 2.05) is 18.5 Å². The van der Waals surface area contributed by atoms with Crippen molar-refractivity contribution in [3.63, 3.8) is 0 Å². The van der Waals surface area contributed by atoms with Crippen LogP contribution in [-0.4, -0.2) is 17.1 Å². The van der Waals surface area contributed by atoms with Gasteiger partial charge >= 0.3 is 0 Å². The Labute approximate surface area is 111 Å². The molecule has 0 saturated carbocycles. The molecule has 2 rings (SSSR count). The zero-order chi connectivity index (χ0) is 12.8. The third kappa shape index (κ3) is 4.07. The minimum absolute atomic E-state index is 0.108. The van der Waals surface area contributed by atoms with Crippen molar-refractivity contribution < 1.29 is 4.79 Å². The van der Waals surface area contributed by atoms with Gasteiger partial charge in [-0.25, -0.2) is 10.4 Å². The summed E-state index contributed by atoms with van der Waals surface area (Å²) in [5, 5.41) is 6.90. The molecule has 0 unspecified atom stereocenters. The second-order valence-corrected chi connectivity index (χ2v) is 5.45. The molecule has 1 heterocycles. The standard InChI is InChI=1S/C13H17N3OS/c1-10-15-12(9-18-10)7-13(17)16-14-8-11-5-3-2-4-6-11/h2-3,8-9,11H,4-7H2,1H3,(H,16,17)/b14-8-/t11-/m1/s1. The molecule has 0 bridgehead atoms. The number of carbonyl (C=O) groups is 1. The Morgan fingerprint density at radius 2 is 2.56 bits per heavy atom. The summed E-state index contributed by atoms with van der Waals surface area (Å²) in [5.41, 5.74) is 3.37. The third-order valence-electron chi connectivity index (χ3n) is 2.79. The summed E-state index contributed by atoms with van der Waals surface area (Å²) in [7, 11) is 0. The number of carbonyl (C=O) groups excluding carboxylic acids is 1. The lowest BCUT2D eigenvalue weighted by atomic mass is 9.96. The molecule has 4 nitrogen and oxygen atoms in total. The average molecular weight is 263 g/mol. The monoisotopic (exact) mass is 263 g/mol. The topological polar surface area (TPSA) is 54.4 Å². The van der Waals surface area contributed by atoms with Crippen LogP contribution in [0.2, 0.25) is 0 Å². The highest BCUT2D eigenvalue weighted by molar-refractivity contribution is 7.09. The molecule has 1 N–H and O–H groups in total. The fourth-order valence-electron chi connectivity index (χ4n) is 1.86. The van der Waals surface area contributed by atoms with Crippen LogP contribution in [-0.2, 0) is 11.2 Å².